The number of Topliss-reactive ketones (excluding diaryl/α,β-unsaturated/α-hetero) is 1. The van der Waals surface area contributed by atoms with Crippen LogP contribution in [0.4, 0.5) is 5.69 Å². The van der Waals surface area contributed by atoms with Crippen LogP contribution in [-0.2, 0) is 10.5 Å². The molecule has 0 saturated heterocycles. The number of anilines is 1. The summed E-state index contributed by atoms with van der Waals surface area (Å²) >= 11 is 9.48. The highest BCUT2D eigenvalue weighted by Gasteiger charge is 2.32. The highest BCUT2D eigenvalue weighted by molar-refractivity contribution is 8.00. The first kappa shape index (κ1) is 22.9. The molecule has 1 atom stereocenters. The third-order valence-corrected chi connectivity index (χ3v) is 7.69. The number of ketones is 1. The third kappa shape index (κ3) is 4.98. The molecule has 34 heavy (non-hydrogen) atoms. The highest BCUT2D eigenvalue weighted by Crippen LogP contribution is 2.35. The van der Waals surface area contributed by atoms with Gasteiger partial charge in [0, 0.05) is 29.3 Å². The van der Waals surface area contributed by atoms with Crippen LogP contribution in [0.25, 0.3) is 10.2 Å². The molecule has 0 saturated carbocycles. The fraction of sp³-hybridized carbons (Fsp3) is 0.154. The van der Waals surface area contributed by atoms with E-state index in [0.29, 0.717) is 28.5 Å². The van der Waals surface area contributed by atoms with Gasteiger partial charge in [0.05, 0.1) is 21.4 Å². The first-order valence-electron chi connectivity index (χ1n) is 10.8. The van der Waals surface area contributed by atoms with Gasteiger partial charge < -0.3 is 14.8 Å². The first-order valence-corrected chi connectivity index (χ1v) is 12.9. The Bertz CT molecular complexity index is 1370. The minimum atomic E-state index is -0.785. The van der Waals surface area contributed by atoms with Crippen LogP contribution in [0, 0.1) is 0 Å². The molecule has 1 aliphatic rings. The van der Waals surface area contributed by atoms with Crippen LogP contribution in [0.2, 0.25) is 5.02 Å². The maximum atomic E-state index is 13.1. The van der Waals surface area contributed by atoms with Crippen LogP contribution in [0.1, 0.15) is 22.8 Å². The van der Waals surface area contributed by atoms with Gasteiger partial charge in [0.1, 0.15) is 5.75 Å². The molecular formula is C26H21ClN2O3S2. The van der Waals surface area contributed by atoms with Crippen molar-refractivity contribution in [2.45, 2.75) is 23.3 Å². The van der Waals surface area contributed by atoms with E-state index in [2.05, 4.69) is 17.4 Å². The van der Waals surface area contributed by atoms with Crippen molar-refractivity contribution in [2.75, 3.05) is 11.9 Å². The molecule has 0 bridgehead atoms. The van der Waals surface area contributed by atoms with E-state index in [1.807, 2.05) is 43.3 Å². The van der Waals surface area contributed by atoms with E-state index in [9.17, 15) is 4.79 Å². The summed E-state index contributed by atoms with van der Waals surface area (Å²) in [4.78, 5) is 17.9. The van der Waals surface area contributed by atoms with Crippen LogP contribution in [0.15, 0.2) is 82.8 Å². The molecule has 1 aliphatic heterocycles. The molecule has 1 N–H and O–H groups in total. The Hall–Kier alpha value is -2.84. The Kier molecular flexibility index (Phi) is 6.87. The quantitative estimate of drug-likeness (QED) is 0.211. The summed E-state index contributed by atoms with van der Waals surface area (Å²) in [5.74, 6) is 1.18. The van der Waals surface area contributed by atoms with E-state index < -0.39 is 6.29 Å². The Morgan fingerprint density at radius 2 is 2.03 bits per heavy atom. The van der Waals surface area contributed by atoms with Gasteiger partial charge in [0.2, 0.25) is 12.1 Å². The summed E-state index contributed by atoms with van der Waals surface area (Å²) in [7, 11) is 0. The molecule has 0 fully saturated rings. The summed E-state index contributed by atoms with van der Waals surface area (Å²) in [6.07, 6.45) is 0.867. The number of benzene rings is 3. The number of carbonyl (C=O) groups excluding carboxylic acids is 1. The molecule has 8 heteroatoms. The van der Waals surface area contributed by atoms with E-state index >= 15 is 0 Å². The standard InChI is InChI=1S/C26H21ClN2O3S2/c1-2-31-25-20(24(30)19-12-17(27)8-11-22(19)32-25)14-28-18-9-10-21-23(13-18)34-26(29-21)33-15-16-6-4-3-5-7-16/h3-14,25,28H,2,15H2,1H3. The Balaban J connectivity index is 1.35. The van der Waals surface area contributed by atoms with Crippen LogP contribution in [0.5, 0.6) is 5.75 Å². The Morgan fingerprint density at radius 1 is 1.18 bits per heavy atom. The molecular weight excluding hydrogens is 488 g/mol. The molecule has 3 aromatic carbocycles. The van der Waals surface area contributed by atoms with Gasteiger partial charge in [0.25, 0.3) is 0 Å². The lowest BCUT2D eigenvalue weighted by atomic mass is 10.00. The van der Waals surface area contributed by atoms with Crippen molar-refractivity contribution >= 4 is 56.4 Å². The number of thiazole rings is 1. The summed E-state index contributed by atoms with van der Waals surface area (Å²) < 4.78 is 13.7. The van der Waals surface area contributed by atoms with Crippen molar-refractivity contribution in [3.8, 4) is 5.75 Å². The van der Waals surface area contributed by atoms with Crippen LogP contribution >= 0.6 is 34.7 Å². The predicted molar refractivity (Wildman–Crippen MR) is 139 cm³/mol. The molecule has 4 aromatic rings. The largest absolute Gasteiger partial charge is 0.460 e. The molecule has 0 amide bonds. The van der Waals surface area contributed by atoms with E-state index in [1.54, 1.807) is 47.5 Å². The number of nitrogens with zero attached hydrogens (tertiary/aromatic N) is 1. The van der Waals surface area contributed by atoms with E-state index in [4.69, 9.17) is 26.1 Å². The number of aromatic nitrogens is 1. The number of ether oxygens (including phenoxy) is 2. The van der Waals surface area contributed by atoms with Gasteiger partial charge in [-0.2, -0.15) is 0 Å². The number of carbonyl (C=O) groups is 1. The SMILES string of the molecule is CCOC1Oc2ccc(Cl)cc2C(=O)C1=CNc1ccc2nc(SCc3ccccc3)sc2c1. The van der Waals surface area contributed by atoms with E-state index in [-0.39, 0.29) is 5.78 Å². The molecule has 1 aromatic heterocycles. The van der Waals surface area contributed by atoms with E-state index in [0.717, 1.165) is 26.0 Å². The first-order chi connectivity index (χ1) is 16.6. The topological polar surface area (TPSA) is 60.5 Å². The minimum Gasteiger partial charge on any atom is -0.460 e. The zero-order valence-electron chi connectivity index (χ0n) is 18.3. The lowest BCUT2D eigenvalue weighted by Crippen LogP contribution is -2.33. The smallest absolute Gasteiger partial charge is 0.232 e. The van der Waals surface area contributed by atoms with Crippen molar-refractivity contribution in [3.05, 3.63) is 94.7 Å². The van der Waals surface area contributed by atoms with Crippen molar-refractivity contribution < 1.29 is 14.3 Å². The van der Waals surface area contributed by atoms with Crippen molar-refractivity contribution in [2.24, 2.45) is 0 Å². The van der Waals surface area contributed by atoms with Gasteiger partial charge in [-0.25, -0.2) is 4.98 Å². The van der Waals surface area contributed by atoms with E-state index in [1.165, 1.54) is 5.56 Å². The summed E-state index contributed by atoms with van der Waals surface area (Å²) in [5, 5.41) is 3.72. The lowest BCUT2D eigenvalue weighted by molar-refractivity contribution is -0.0509. The predicted octanol–water partition coefficient (Wildman–Crippen LogP) is 7.18. The number of hydrogen-bond donors (Lipinski definition) is 1. The normalized spacial score (nSPS) is 16.5. The fourth-order valence-corrected chi connectivity index (χ4v) is 5.80. The van der Waals surface area contributed by atoms with Gasteiger partial charge in [-0.15, -0.1) is 11.3 Å². The van der Waals surface area contributed by atoms with Gasteiger partial charge >= 0.3 is 0 Å². The maximum absolute atomic E-state index is 13.1. The second kappa shape index (κ2) is 10.2. The molecule has 0 spiro atoms. The van der Waals surface area contributed by atoms with Crippen molar-refractivity contribution in [1.82, 2.24) is 4.98 Å². The molecule has 172 valence electrons. The second-order valence-electron chi connectivity index (χ2n) is 7.56. The maximum Gasteiger partial charge on any atom is 0.232 e. The van der Waals surface area contributed by atoms with Crippen LogP contribution in [-0.4, -0.2) is 23.7 Å². The van der Waals surface area contributed by atoms with Gasteiger partial charge in [-0.05, 0) is 48.9 Å². The number of nitrogens with one attached hydrogen (secondary N) is 1. The summed E-state index contributed by atoms with van der Waals surface area (Å²) in [5.41, 5.74) is 3.89. The minimum absolute atomic E-state index is 0.173. The average molecular weight is 509 g/mol. The second-order valence-corrected chi connectivity index (χ2v) is 10.2. The monoisotopic (exact) mass is 508 g/mol. The third-order valence-electron chi connectivity index (χ3n) is 5.22. The van der Waals surface area contributed by atoms with Gasteiger partial charge in [0.15, 0.2) is 4.34 Å². The van der Waals surface area contributed by atoms with Gasteiger partial charge in [-0.3, -0.25) is 4.79 Å². The summed E-state index contributed by atoms with van der Waals surface area (Å²) in [6, 6.07) is 21.3. The Morgan fingerprint density at radius 3 is 2.85 bits per heavy atom. The number of fused-ring (bicyclic) bond motifs is 2. The zero-order valence-corrected chi connectivity index (χ0v) is 20.7. The number of thioether (sulfide) groups is 1. The highest BCUT2D eigenvalue weighted by atomic mass is 35.5. The molecule has 0 radical (unpaired) electrons. The number of hydrogen-bond acceptors (Lipinski definition) is 7. The average Bonchev–Trinajstić information content (AvgIpc) is 3.26. The van der Waals surface area contributed by atoms with Gasteiger partial charge in [-0.1, -0.05) is 53.7 Å². The lowest BCUT2D eigenvalue weighted by Gasteiger charge is -2.27. The van der Waals surface area contributed by atoms with Crippen LogP contribution in [0.3, 0.4) is 0 Å². The summed E-state index contributed by atoms with van der Waals surface area (Å²) in [6.45, 7) is 2.27. The molecule has 5 nitrogen and oxygen atoms in total. The number of rotatable bonds is 7. The van der Waals surface area contributed by atoms with Crippen LogP contribution < -0.4 is 10.1 Å². The molecule has 1 unspecified atom stereocenters. The Labute approximate surface area is 210 Å². The molecule has 0 aliphatic carbocycles. The zero-order chi connectivity index (χ0) is 23.5. The number of halogens is 1. The van der Waals surface area contributed by atoms with Crippen molar-refractivity contribution in [1.29, 1.82) is 0 Å². The fourth-order valence-electron chi connectivity index (χ4n) is 3.57. The van der Waals surface area contributed by atoms with Crippen molar-refractivity contribution in [3.63, 3.8) is 0 Å². The molecule has 5 rings (SSSR count). The molecule has 2 heterocycles.